The van der Waals surface area contributed by atoms with Gasteiger partial charge in [-0.3, -0.25) is 4.57 Å². The fourth-order valence-corrected chi connectivity index (χ4v) is 5.31. The van der Waals surface area contributed by atoms with Crippen molar-refractivity contribution in [3.8, 4) is 28.3 Å². The van der Waals surface area contributed by atoms with Crippen molar-refractivity contribution in [1.29, 1.82) is 0 Å². The van der Waals surface area contributed by atoms with Gasteiger partial charge in [-0.2, -0.15) is 0 Å². The van der Waals surface area contributed by atoms with Gasteiger partial charge in [-0.1, -0.05) is 12.1 Å². The van der Waals surface area contributed by atoms with Crippen molar-refractivity contribution in [2.75, 3.05) is 31.6 Å². The first-order valence-electron chi connectivity index (χ1n) is 11.8. The largest absolute Gasteiger partial charge is 0.391 e. The van der Waals surface area contributed by atoms with Gasteiger partial charge < -0.3 is 19.9 Å². The molecule has 4 heterocycles. The maximum atomic E-state index is 13.4. The Hall–Kier alpha value is -3.42. The number of imidazole rings is 1. The summed E-state index contributed by atoms with van der Waals surface area (Å²) in [5.74, 6) is 0.936. The number of halogens is 1. The van der Waals surface area contributed by atoms with E-state index < -0.39 is 0 Å². The van der Waals surface area contributed by atoms with Gasteiger partial charge in [-0.25, -0.2) is 9.37 Å². The van der Waals surface area contributed by atoms with E-state index in [1.54, 1.807) is 0 Å². The number of nitrogens with zero attached hydrogens (tertiary/aromatic N) is 4. The van der Waals surface area contributed by atoms with Crippen LogP contribution in [0.4, 0.5) is 10.1 Å². The van der Waals surface area contributed by atoms with Crippen LogP contribution >= 0.6 is 0 Å². The molecular weight excluding hydrogens is 429 g/mol. The third-order valence-corrected chi connectivity index (χ3v) is 7.14. The number of rotatable bonds is 5. The standard InChI is InChI=1S/C27H28FN5O/c1-29-9-8-19-14-31(17-26(19)34)23-6-7-24-21(12-23)16-32-15-20(18-2-4-22(28)5-3-18)13-25(32)27-30-10-11-33(24)27/h2-7,10-13,15,19,26,29,34H,8-9,14,16-17H2,1H3/t19-,26-/m0/s1. The minimum absolute atomic E-state index is 0.234. The molecule has 2 aliphatic rings. The molecule has 2 atom stereocenters. The van der Waals surface area contributed by atoms with Crippen molar-refractivity contribution in [2.45, 2.75) is 19.1 Å². The highest BCUT2D eigenvalue weighted by atomic mass is 19.1. The predicted molar refractivity (Wildman–Crippen MR) is 132 cm³/mol. The van der Waals surface area contributed by atoms with E-state index in [9.17, 15) is 9.50 Å². The minimum atomic E-state index is -0.304. The van der Waals surface area contributed by atoms with Crippen molar-refractivity contribution in [1.82, 2.24) is 19.4 Å². The molecule has 0 spiro atoms. The molecule has 0 aliphatic carbocycles. The van der Waals surface area contributed by atoms with Crippen LogP contribution in [0.2, 0.25) is 0 Å². The normalized spacial score (nSPS) is 19.0. The molecule has 6 rings (SSSR count). The average molecular weight is 458 g/mol. The van der Waals surface area contributed by atoms with Crippen molar-refractivity contribution in [3.05, 3.63) is 78.5 Å². The lowest BCUT2D eigenvalue weighted by molar-refractivity contribution is 0.143. The third kappa shape index (κ3) is 3.61. The Morgan fingerprint density at radius 1 is 1.09 bits per heavy atom. The van der Waals surface area contributed by atoms with Gasteiger partial charge in [0.25, 0.3) is 0 Å². The number of aliphatic hydroxyl groups excluding tert-OH is 1. The quantitative estimate of drug-likeness (QED) is 0.420. The highest BCUT2D eigenvalue weighted by molar-refractivity contribution is 5.72. The first-order chi connectivity index (χ1) is 16.6. The maximum absolute atomic E-state index is 13.4. The number of hydrogen-bond donors (Lipinski definition) is 2. The summed E-state index contributed by atoms with van der Waals surface area (Å²) in [6.07, 6.45) is 6.62. The molecule has 0 saturated carbocycles. The first-order valence-corrected chi connectivity index (χ1v) is 11.8. The molecule has 6 nitrogen and oxygen atoms in total. The molecule has 0 unspecified atom stereocenters. The van der Waals surface area contributed by atoms with Crippen molar-refractivity contribution in [2.24, 2.45) is 5.92 Å². The number of benzene rings is 2. The van der Waals surface area contributed by atoms with Crippen molar-refractivity contribution < 1.29 is 9.50 Å². The molecule has 1 fully saturated rings. The summed E-state index contributed by atoms with van der Waals surface area (Å²) in [5.41, 5.74) is 6.51. The summed E-state index contributed by atoms with van der Waals surface area (Å²) >= 11 is 0. The highest BCUT2D eigenvalue weighted by Crippen LogP contribution is 2.36. The molecule has 0 bridgehead atoms. The Balaban J connectivity index is 1.36. The zero-order valence-electron chi connectivity index (χ0n) is 19.2. The summed E-state index contributed by atoms with van der Waals surface area (Å²) < 4.78 is 17.8. The highest BCUT2D eigenvalue weighted by Gasteiger charge is 2.31. The molecule has 1 saturated heterocycles. The van der Waals surface area contributed by atoms with Crippen LogP contribution in [0, 0.1) is 11.7 Å². The molecule has 2 aromatic carbocycles. The van der Waals surface area contributed by atoms with Crippen LogP contribution in [-0.2, 0) is 6.54 Å². The second-order valence-electron chi connectivity index (χ2n) is 9.31. The zero-order valence-corrected chi connectivity index (χ0v) is 19.2. The SMILES string of the molecule is CNCC[C@H]1CN(c2ccc3c(c2)Cn2cc(-c4ccc(F)cc4)cc2-c2nccn2-3)C[C@@H]1O. The Kier molecular flexibility index (Phi) is 5.23. The van der Waals surface area contributed by atoms with Crippen LogP contribution in [0.3, 0.4) is 0 Å². The summed E-state index contributed by atoms with van der Waals surface area (Å²) in [7, 11) is 1.95. The van der Waals surface area contributed by atoms with Crippen LogP contribution in [0.5, 0.6) is 0 Å². The van der Waals surface area contributed by atoms with E-state index in [2.05, 4.69) is 54.8 Å². The maximum Gasteiger partial charge on any atom is 0.161 e. The molecule has 7 heteroatoms. The number of fused-ring (bicyclic) bond motifs is 5. The van der Waals surface area contributed by atoms with E-state index >= 15 is 0 Å². The van der Waals surface area contributed by atoms with Crippen LogP contribution in [0.15, 0.2) is 67.1 Å². The van der Waals surface area contributed by atoms with Gasteiger partial charge in [0.1, 0.15) is 5.82 Å². The first kappa shape index (κ1) is 21.1. The van der Waals surface area contributed by atoms with Gasteiger partial charge in [0, 0.05) is 55.4 Å². The van der Waals surface area contributed by atoms with Gasteiger partial charge in [0.05, 0.1) is 17.5 Å². The topological polar surface area (TPSA) is 58.2 Å². The number of β-amino-alcohol motifs (C(OH)–C–C–N with tert-alkyl or cyclic N) is 1. The second-order valence-corrected chi connectivity index (χ2v) is 9.31. The lowest BCUT2D eigenvalue weighted by Gasteiger charge is -2.21. The Labute approximate surface area is 198 Å². The minimum Gasteiger partial charge on any atom is -0.391 e. The molecule has 4 aromatic rings. The Bertz CT molecular complexity index is 1330. The molecule has 2 N–H and O–H groups in total. The molecule has 0 amide bonds. The van der Waals surface area contributed by atoms with Crippen LogP contribution in [-0.4, -0.2) is 52.0 Å². The van der Waals surface area contributed by atoms with E-state index in [1.807, 2.05) is 31.6 Å². The fourth-order valence-electron chi connectivity index (χ4n) is 5.31. The average Bonchev–Trinajstić information content (AvgIpc) is 3.55. The number of hydrogen-bond acceptors (Lipinski definition) is 4. The fraction of sp³-hybridized carbons (Fsp3) is 0.296. The van der Waals surface area contributed by atoms with E-state index in [1.165, 1.54) is 17.7 Å². The number of anilines is 1. The van der Waals surface area contributed by atoms with Crippen LogP contribution in [0.25, 0.3) is 28.3 Å². The molecule has 2 aromatic heterocycles. The van der Waals surface area contributed by atoms with Crippen molar-refractivity contribution in [3.63, 3.8) is 0 Å². The number of aliphatic hydroxyl groups is 1. The van der Waals surface area contributed by atoms with E-state index in [0.717, 1.165) is 53.5 Å². The predicted octanol–water partition coefficient (Wildman–Crippen LogP) is 3.92. The van der Waals surface area contributed by atoms with E-state index in [4.69, 9.17) is 0 Å². The van der Waals surface area contributed by atoms with E-state index in [-0.39, 0.29) is 17.8 Å². The third-order valence-electron chi connectivity index (χ3n) is 7.14. The number of aromatic nitrogens is 3. The lowest BCUT2D eigenvalue weighted by Crippen LogP contribution is -2.22. The zero-order chi connectivity index (χ0) is 23.2. The van der Waals surface area contributed by atoms with Gasteiger partial charge in [-0.05, 0) is 67.5 Å². The Morgan fingerprint density at radius 2 is 1.94 bits per heavy atom. The molecule has 34 heavy (non-hydrogen) atoms. The van der Waals surface area contributed by atoms with E-state index in [0.29, 0.717) is 13.1 Å². The molecular formula is C27H28FN5O. The number of nitrogens with one attached hydrogen (secondary N) is 1. The summed E-state index contributed by atoms with van der Waals surface area (Å²) in [6.45, 7) is 3.15. The summed E-state index contributed by atoms with van der Waals surface area (Å²) in [4.78, 5) is 6.96. The van der Waals surface area contributed by atoms with Gasteiger partial charge in [0.15, 0.2) is 5.82 Å². The second kappa shape index (κ2) is 8.42. The smallest absolute Gasteiger partial charge is 0.161 e. The summed E-state index contributed by atoms with van der Waals surface area (Å²) in [5, 5.41) is 13.8. The monoisotopic (exact) mass is 457 g/mol. The lowest BCUT2D eigenvalue weighted by atomic mass is 10.0. The van der Waals surface area contributed by atoms with Crippen LogP contribution < -0.4 is 10.2 Å². The van der Waals surface area contributed by atoms with Gasteiger partial charge >= 0.3 is 0 Å². The summed E-state index contributed by atoms with van der Waals surface area (Å²) in [6, 6.07) is 15.3. The van der Waals surface area contributed by atoms with Gasteiger partial charge in [-0.15, -0.1) is 0 Å². The molecule has 2 aliphatic heterocycles. The van der Waals surface area contributed by atoms with Crippen LogP contribution in [0.1, 0.15) is 12.0 Å². The molecule has 0 radical (unpaired) electrons. The molecule has 174 valence electrons. The Morgan fingerprint density at radius 3 is 2.76 bits per heavy atom. The van der Waals surface area contributed by atoms with Crippen molar-refractivity contribution >= 4 is 5.69 Å². The van der Waals surface area contributed by atoms with Gasteiger partial charge in [0.2, 0.25) is 0 Å².